The molecule has 21 heavy (non-hydrogen) atoms. The summed E-state index contributed by atoms with van der Waals surface area (Å²) in [5.41, 5.74) is 3.44. The molecule has 6 heteroatoms. The minimum absolute atomic E-state index is 0.137. The molecule has 1 atom stereocenters. The molecule has 2 N–H and O–H groups in total. The third-order valence-electron chi connectivity index (χ3n) is 3.35. The number of amides is 2. The Labute approximate surface area is 122 Å². The van der Waals surface area contributed by atoms with Crippen molar-refractivity contribution in [1.82, 2.24) is 10.7 Å². The van der Waals surface area contributed by atoms with Gasteiger partial charge in [-0.25, -0.2) is 9.82 Å². The van der Waals surface area contributed by atoms with Gasteiger partial charge in [-0.15, -0.1) is 0 Å². The van der Waals surface area contributed by atoms with E-state index in [4.69, 9.17) is 0 Å². The number of halogens is 1. The summed E-state index contributed by atoms with van der Waals surface area (Å²) in [5, 5.41) is 6.67. The van der Waals surface area contributed by atoms with E-state index in [0.29, 0.717) is 12.1 Å². The number of carbonyl (C=O) groups is 2. The maximum Gasteiger partial charge on any atom is 0.267 e. The average Bonchev–Trinajstić information content (AvgIpc) is 2.46. The van der Waals surface area contributed by atoms with Gasteiger partial charge in [0.2, 0.25) is 5.91 Å². The summed E-state index contributed by atoms with van der Waals surface area (Å²) in [5.74, 6) is -0.673. The maximum absolute atomic E-state index is 13.0. The third kappa shape index (κ3) is 3.87. The predicted molar refractivity (Wildman–Crippen MR) is 76.9 cm³/mol. The molecule has 1 aromatic rings. The van der Waals surface area contributed by atoms with E-state index < -0.39 is 0 Å². The number of hydrogen-bond acceptors (Lipinski definition) is 3. The Morgan fingerprint density at radius 2 is 1.95 bits per heavy atom. The van der Waals surface area contributed by atoms with Gasteiger partial charge in [0, 0.05) is 12.8 Å². The lowest BCUT2D eigenvalue weighted by Gasteiger charge is -2.24. The van der Waals surface area contributed by atoms with E-state index in [1.54, 1.807) is 12.1 Å². The molecule has 112 valence electrons. The average molecular weight is 291 g/mol. The van der Waals surface area contributed by atoms with Crippen LogP contribution in [0.1, 0.15) is 38.3 Å². The zero-order chi connectivity index (χ0) is 15.4. The van der Waals surface area contributed by atoms with Gasteiger partial charge >= 0.3 is 0 Å². The highest BCUT2D eigenvalue weighted by atomic mass is 19.1. The first-order chi connectivity index (χ1) is 9.97. The number of rotatable bonds is 4. The molecule has 0 aliphatic carbocycles. The Balaban J connectivity index is 2.11. The van der Waals surface area contributed by atoms with Crippen LogP contribution in [-0.4, -0.2) is 17.5 Å². The summed E-state index contributed by atoms with van der Waals surface area (Å²) in [7, 11) is 0. The zero-order valence-electron chi connectivity index (χ0n) is 12.0. The van der Waals surface area contributed by atoms with Gasteiger partial charge in [0.05, 0.1) is 6.04 Å². The van der Waals surface area contributed by atoms with Crippen LogP contribution < -0.4 is 10.7 Å². The van der Waals surface area contributed by atoms with Gasteiger partial charge < -0.3 is 5.32 Å². The van der Waals surface area contributed by atoms with E-state index in [0.717, 1.165) is 5.56 Å². The van der Waals surface area contributed by atoms with Crippen LogP contribution in [0.3, 0.4) is 0 Å². The van der Waals surface area contributed by atoms with Gasteiger partial charge in [0.15, 0.2) is 0 Å². The van der Waals surface area contributed by atoms with Crippen molar-refractivity contribution in [1.29, 1.82) is 0 Å². The molecule has 0 radical (unpaired) electrons. The van der Waals surface area contributed by atoms with Crippen molar-refractivity contribution in [3.8, 4) is 0 Å². The first-order valence-corrected chi connectivity index (χ1v) is 6.89. The summed E-state index contributed by atoms with van der Waals surface area (Å²) >= 11 is 0. The van der Waals surface area contributed by atoms with Crippen LogP contribution >= 0.6 is 0 Å². The van der Waals surface area contributed by atoms with Crippen LogP contribution in [0.5, 0.6) is 0 Å². The number of benzene rings is 1. The summed E-state index contributed by atoms with van der Waals surface area (Å²) in [6.07, 6.45) is 0.584. The molecule has 2 amide bonds. The highest BCUT2D eigenvalue weighted by Crippen LogP contribution is 2.22. The Kier molecular flexibility index (Phi) is 4.67. The van der Waals surface area contributed by atoms with Crippen LogP contribution in [-0.2, 0) is 9.59 Å². The normalized spacial score (nSPS) is 16.2. The second kappa shape index (κ2) is 6.47. The minimum atomic E-state index is -0.313. The molecule has 0 spiro atoms. The van der Waals surface area contributed by atoms with Gasteiger partial charge in [0.1, 0.15) is 11.5 Å². The first kappa shape index (κ1) is 15.2. The molecule has 1 heterocycles. The fourth-order valence-corrected chi connectivity index (χ4v) is 2.17. The maximum atomic E-state index is 13.0. The molecule has 0 saturated heterocycles. The molecule has 0 fully saturated rings. The lowest BCUT2D eigenvalue weighted by Crippen LogP contribution is -2.40. The number of hydrogen-bond donors (Lipinski definition) is 2. The van der Waals surface area contributed by atoms with E-state index >= 15 is 0 Å². The fourth-order valence-electron chi connectivity index (χ4n) is 2.17. The van der Waals surface area contributed by atoms with Crippen LogP contribution in [0, 0.1) is 11.7 Å². The predicted octanol–water partition coefficient (Wildman–Crippen LogP) is 1.90. The molecule has 1 aromatic carbocycles. The van der Waals surface area contributed by atoms with Crippen molar-refractivity contribution in [2.45, 2.75) is 32.7 Å². The molecule has 0 saturated carbocycles. The molecule has 0 aromatic heterocycles. The highest BCUT2D eigenvalue weighted by molar-refractivity contribution is 6.39. The third-order valence-corrected chi connectivity index (χ3v) is 3.35. The van der Waals surface area contributed by atoms with Crippen molar-refractivity contribution in [3.05, 3.63) is 35.6 Å². The first-order valence-electron chi connectivity index (χ1n) is 6.89. The summed E-state index contributed by atoms with van der Waals surface area (Å²) in [6, 6.07) is 5.82. The van der Waals surface area contributed by atoms with Crippen molar-refractivity contribution in [3.63, 3.8) is 0 Å². The minimum Gasteiger partial charge on any atom is -0.344 e. The largest absolute Gasteiger partial charge is 0.344 e. The van der Waals surface area contributed by atoms with Gasteiger partial charge in [-0.05, 0) is 23.6 Å². The summed E-state index contributed by atoms with van der Waals surface area (Å²) in [4.78, 5) is 23.2. The molecule has 1 aliphatic rings. The van der Waals surface area contributed by atoms with Gasteiger partial charge in [-0.3, -0.25) is 9.59 Å². The quantitative estimate of drug-likeness (QED) is 0.889. The molecule has 2 rings (SSSR count). The van der Waals surface area contributed by atoms with E-state index in [2.05, 4.69) is 15.8 Å². The molecular formula is C15H18FN3O2. The van der Waals surface area contributed by atoms with E-state index in [9.17, 15) is 14.0 Å². The Morgan fingerprint density at radius 3 is 2.48 bits per heavy atom. The van der Waals surface area contributed by atoms with Crippen LogP contribution in [0.25, 0.3) is 0 Å². The highest BCUT2D eigenvalue weighted by Gasteiger charge is 2.23. The van der Waals surface area contributed by atoms with Crippen LogP contribution in [0.4, 0.5) is 4.39 Å². The SMILES string of the molecule is CC(C)C(NC(=O)C1=NNC(=O)CC1)c1ccc(F)cc1. The van der Waals surface area contributed by atoms with E-state index in [1.165, 1.54) is 12.1 Å². The molecule has 1 aliphatic heterocycles. The van der Waals surface area contributed by atoms with Gasteiger partial charge in [0.25, 0.3) is 5.91 Å². The second-order valence-electron chi connectivity index (χ2n) is 5.34. The number of nitrogens with zero attached hydrogens (tertiary/aromatic N) is 1. The number of hydrazone groups is 1. The van der Waals surface area contributed by atoms with Crippen LogP contribution in [0.15, 0.2) is 29.4 Å². The zero-order valence-corrected chi connectivity index (χ0v) is 12.0. The Bertz CT molecular complexity index is 567. The standard InChI is InChI=1S/C15H18FN3O2/c1-9(2)14(10-3-5-11(16)6-4-10)17-15(21)12-7-8-13(20)19-18-12/h3-6,9,14H,7-8H2,1-2H3,(H,17,21)(H,19,20). The fraction of sp³-hybridized carbons (Fsp3) is 0.400. The van der Waals surface area contributed by atoms with E-state index in [1.807, 2.05) is 13.8 Å². The smallest absolute Gasteiger partial charge is 0.267 e. The topological polar surface area (TPSA) is 70.6 Å². The Hall–Kier alpha value is -2.24. The van der Waals surface area contributed by atoms with Crippen molar-refractivity contribution in [2.24, 2.45) is 11.0 Å². The van der Waals surface area contributed by atoms with Crippen LogP contribution in [0.2, 0.25) is 0 Å². The monoisotopic (exact) mass is 291 g/mol. The summed E-state index contributed by atoms with van der Waals surface area (Å²) in [6.45, 7) is 3.94. The van der Waals surface area contributed by atoms with Gasteiger partial charge in [-0.1, -0.05) is 26.0 Å². The lowest BCUT2D eigenvalue weighted by atomic mass is 9.95. The molecular weight excluding hydrogens is 273 g/mol. The molecule has 1 unspecified atom stereocenters. The number of carbonyl (C=O) groups excluding carboxylic acids is 2. The van der Waals surface area contributed by atoms with E-state index in [-0.39, 0.29) is 36.0 Å². The number of nitrogens with one attached hydrogen (secondary N) is 2. The Morgan fingerprint density at radius 1 is 1.29 bits per heavy atom. The van der Waals surface area contributed by atoms with Crippen molar-refractivity contribution < 1.29 is 14.0 Å². The lowest BCUT2D eigenvalue weighted by molar-refractivity contribution is -0.121. The van der Waals surface area contributed by atoms with Crippen molar-refractivity contribution >= 4 is 17.5 Å². The molecule has 5 nitrogen and oxygen atoms in total. The van der Waals surface area contributed by atoms with Gasteiger partial charge in [-0.2, -0.15) is 5.10 Å². The second-order valence-corrected chi connectivity index (χ2v) is 5.34. The summed E-state index contributed by atoms with van der Waals surface area (Å²) < 4.78 is 13.0. The van der Waals surface area contributed by atoms with Crippen molar-refractivity contribution in [2.75, 3.05) is 0 Å². The molecule has 0 bridgehead atoms.